The van der Waals surface area contributed by atoms with Crippen LogP contribution in [0.15, 0.2) is 24.5 Å². The highest BCUT2D eigenvalue weighted by Crippen LogP contribution is 2.41. The van der Waals surface area contributed by atoms with E-state index in [9.17, 15) is 8.78 Å². The molecule has 0 N–H and O–H groups in total. The standard InChI is InChI=1S/C24H35BF2N4O4S.2C2H6/c1-23(2)24(3,4)35-25(34-23)19-18(17-14-30(5)29-21(17)33-22(26)27)16-10-9-11-28-20(16)31(19)15-32-12-13-36(6,7)8;2*1-2/h9-11,14,22H,12-13,15H2,1-8H3;2*1-2H3. The van der Waals surface area contributed by atoms with E-state index in [0.29, 0.717) is 29.0 Å². The topological polar surface area (TPSA) is 72.6 Å². The number of aromatic nitrogens is 4. The van der Waals surface area contributed by atoms with Crippen molar-refractivity contribution in [1.29, 1.82) is 0 Å². The van der Waals surface area contributed by atoms with Crippen molar-refractivity contribution in [2.75, 3.05) is 31.1 Å². The zero-order chi connectivity index (χ0) is 30.5. The molecule has 0 atom stereocenters. The van der Waals surface area contributed by atoms with Crippen molar-refractivity contribution in [2.24, 2.45) is 7.05 Å². The molecule has 0 spiro atoms. The Bertz CT molecular complexity index is 1230. The molecule has 1 aliphatic rings. The molecule has 0 aromatic carbocycles. The van der Waals surface area contributed by atoms with E-state index in [2.05, 4.69) is 28.8 Å². The van der Waals surface area contributed by atoms with E-state index in [1.54, 1.807) is 25.5 Å². The van der Waals surface area contributed by atoms with Crippen LogP contribution in [-0.2, 0) is 27.8 Å². The molecule has 0 amide bonds. The molecule has 0 unspecified atom stereocenters. The van der Waals surface area contributed by atoms with Crippen molar-refractivity contribution >= 4 is 33.8 Å². The van der Waals surface area contributed by atoms with E-state index < -0.39 is 35.0 Å². The van der Waals surface area contributed by atoms with Crippen LogP contribution in [0.4, 0.5) is 8.78 Å². The fourth-order valence-electron chi connectivity index (χ4n) is 4.08. The maximum absolute atomic E-state index is 13.3. The predicted octanol–water partition coefficient (Wildman–Crippen LogP) is 6.06. The van der Waals surface area contributed by atoms with Crippen LogP contribution in [0.1, 0.15) is 55.4 Å². The molecule has 3 aromatic heterocycles. The molecule has 12 heteroatoms. The van der Waals surface area contributed by atoms with E-state index in [0.717, 1.165) is 11.1 Å². The predicted molar refractivity (Wildman–Crippen MR) is 163 cm³/mol. The Kier molecular flexibility index (Phi) is 11.6. The largest absolute Gasteiger partial charge is 0.513 e. The summed E-state index contributed by atoms with van der Waals surface area (Å²) in [7, 11) is 0.135. The molecule has 3 aromatic rings. The first-order valence-electron chi connectivity index (χ1n) is 13.8. The van der Waals surface area contributed by atoms with Crippen molar-refractivity contribution in [1.82, 2.24) is 19.3 Å². The molecule has 0 aliphatic carbocycles. The van der Waals surface area contributed by atoms with Gasteiger partial charge in [-0.3, -0.25) is 4.68 Å². The summed E-state index contributed by atoms with van der Waals surface area (Å²) in [5, 5.41) is 4.88. The second-order valence-corrected chi connectivity index (χ2v) is 15.5. The average molecular weight is 585 g/mol. The quantitative estimate of drug-likeness (QED) is 0.225. The summed E-state index contributed by atoms with van der Waals surface area (Å²) in [6.07, 6.45) is 10.1. The fraction of sp³-hybridized carbons (Fsp3) is 0.643. The summed E-state index contributed by atoms with van der Waals surface area (Å²) in [6, 6.07) is 3.69. The summed E-state index contributed by atoms with van der Waals surface area (Å²) >= 11 is 0. The third-order valence-electron chi connectivity index (χ3n) is 6.66. The van der Waals surface area contributed by atoms with Gasteiger partial charge in [-0.1, -0.05) is 27.7 Å². The van der Waals surface area contributed by atoms with Crippen LogP contribution < -0.4 is 10.3 Å². The first kappa shape index (κ1) is 34.1. The Balaban J connectivity index is 0.00000134. The van der Waals surface area contributed by atoms with Crippen LogP contribution in [0.5, 0.6) is 5.88 Å². The van der Waals surface area contributed by atoms with Gasteiger partial charge >= 0.3 is 13.7 Å². The number of hydrogen-bond donors (Lipinski definition) is 0. The van der Waals surface area contributed by atoms with E-state index in [-0.39, 0.29) is 12.6 Å². The van der Waals surface area contributed by atoms with Gasteiger partial charge in [0.25, 0.3) is 0 Å². The van der Waals surface area contributed by atoms with Gasteiger partial charge in [0.2, 0.25) is 5.88 Å². The minimum absolute atomic E-state index is 0.176. The van der Waals surface area contributed by atoms with Gasteiger partial charge in [-0.2, -0.15) is 8.78 Å². The first-order valence-corrected chi connectivity index (χ1v) is 16.8. The number of aryl methyl sites for hydroxylation is 1. The lowest BCUT2D eigenvalue weighted by Crippen LogP contribution is -2.41. The van der Waals surface area contributed by atoms with Gasteiger partial charge < -0.3 is 23.3 Å². The number of halogens is 2. The highest BCUT2D eigenvalue weighted by Gasteiger charge is 2.54. The zero-order valence-corrected chi connectivity index (χ0v) is 27.0. The molecule has 1 fully saturated rings. The normalized spacial score (nSPS) is 16.4. The van der Waals surface area contributed by atoms with Crippen LogP contribution in [0, 0.1) is 0 Å². The maximum Gasteiger partial charge on any atom is 0.513 e. The molecule has 1 aliphatic heterocycles. The summed E-state index contributed by atoms with van der Waals surface area (Å²) in [6.45, 7) is 13.6. The molecule has 1 saturated heterocycles. The van der Waals surface area contributed by atoms with Crippen molar-refractivity contribution in [3.63, 3.8) is 0 Å². The van der Waals surface area contributed by atoms with Gasteiger partial charge in [0.05, 0.1) is 29.0 Å². The minimum atomic E-state index is -3.02. The monoisotopic (exact) mass is 584 g/mol. The Morgan fingerprint density at radius 3 is 2.20 bits per heavy atom. The molecular weight excluding hydrogens is 537 g/mol. The smallest absolute Gasteiger partial charge is 0.415 e. The Morgan fingerprint density at radius 1 is 1.05 bits per heavy atom. The van der Waals surface area contributed by atoms with Crippen molar-refractivity contribution in [2.45, 2.75) is 79.9 Å². The Labute approximate surface area is 240 Å². The SMILES string of the molecule is CC.CC.Cn1cc(-c2c(B3OC(C)(C)C(C)(C)O3)n(COCCS(C)(C)C)c3ncccc23)c(OC(F)F)n1. The Hall–Kier alpha value is -2.15. The van der Waals surface area contributed by atoms with Crippen LogP contribution >= 0.6 is 10.0 Å². The first-order chi connectivity index (χ1) is 18.7. The molecule has 4 heterocycles. The molecule has 0 bridgehead atoms. The molecule has 0 saturated carbocycles. The number of alkyl halides is 2. The van der Waals surface area contributed by atoms with Crippen LogP contribution in [0.2, 0.25) is 0 Å². The number of nitrogens with zero attached hydrogens (tertiary/aromatic N) is 4. The number of ether oxygens (including phenoxy) is 2. The van der Waals surface area contributed by atoms with E-state index in [1.165, 1.54) is 4.68 Å². The zero-order valence-electron chi connectivity index (χ0n) is 26.2. The van der Waals surface area contributed by atoms with Crippen molar-refractivity contribution < 1.29 is 27.6 Å². The van der Waals surface area contributed by atoms with Gasteiger partial charge in [-0.25, -0.2) is 15.0 Å². The average Bonchev–Trinajstić information content (AvgIpc) is 3.46. The van der Waals surface area contributed by atoms with Crippen LogP contribution in [0.3, 0.4) is 0 Å². The number of rotatable bonds is 9. The van der Waals surface area contributed by atoms with E-state index >= 15 is 0 Å². The van der Waals surface area contributed by atoms with Gasteiger partial charge in [0.1, 0.15) is 12.4 Å². The molecule has 4 rings (SSSR count). The molecular formula is C28H47BF2N4O4S. The summed E-state index contributed by atoms with van der Waals surface area (Å²) in [4.78, 5) is 4.62. The van der Waals surface area contributed by atoms with Crippen LogP contribution in [-0.4, -0.2) is 75.4 Å². The lowest BCUT2D eigenvalue weighted by molar-refractivity contribution is -0.0527. The molecule has 40 heavy (non-hydrogen) atoms. The number of pyridine rings is 1. The van der Waals surface area contributed by atoms with Gasteiger partial charge in [0.15, 0.2) is 0 Å². The molecule has 0 radical (unpaired) electrons. The van der Waals surface area contributed by atoms with Gasteiger partial charge in [-0.05, 0) is 58.6 Å². The minimum Gasteiger partial charge on any atom is -0.415 e. The number of fused-ring (bicyclic) bond motifs is 1. The highest BCUT2D eigenvalue weighted by atomic mass is 32.3. The van der Waals surface area contributed by atoms with Crippen molar-refractivity contribution in [3.05, 3.63) is 24.5 Å². The third-order valence-corrected chi connectivity index (χ3v) is 8.05. The maximum atomic E-state index is 13.3. The lowest BCUT2D eigenvalue weighted by atomic mass is 9.79. The second kappa shape index (κ2) is 13.7. The summed E-state index contributed by atoms with van der Waals surface area (Å²) in [5.74, 6) is 0.776. The Morgan fingerprint density at radius 2 is 1.65 bits per heavy atom. The van der Waals surface area contributed by atoms with Gasteiger partial charge in [0, 0.05) is 36.1 Å². The van der Waals surface area contributed by atoms with E-state index in [1.807, 2.05) is 66.0 Å². The molecule has 226 valence electrons. The van der Waals surface area contributed by atoms with E-state index in [4.69, 9.17) is 18.8 Å². The summed E-state index contributed by atoms with van der Waals surface area (Å²) in [5.41, 5.74) is 1.04. The third kappa shape index (κ3) is 7.57. The fourth-order valence-corrected chi connectivity index (χ4v) is 4.70. The molecule has 8 nitrogen and oxygen atoms in total. The summed E-state index contributed by atoms with van der Waals surface area (Å²) < 4.78 is 53.7. The van der Waals surface area contributed by atoms with Crippen LogP contribution in [0.25, 0.3) is 22.2 Å². The van der Waals surface area contributed by atoms with Crippen molar-refractivity contribution in [3.8, 4) is 17.0 Å². The van der Waals surface area contributed by atoms with Gasteiger partial charge in [-0.15, -0.1) is 5.10 Å². The second-order valence-electron chi connectivity index (χ2n) is 10.9. The number of hydrogen-bond acceptors (Lipinski definition) is 6. The highest BCUT2D eigenvalue weighted by molar-refractivity contribution is 8.32. The lowest BCUT2D eigenvalue weighted by Gasteiger charge is -2.32.